The molecule has 0 aliphatic carbocycles. The van der Waals surface area contributed by atoms with E-state index in [9.17, 15) is 0 Å². The van der Waals surface area contributed by atoms with E-state index in [2.05, 4.69) is 20.3 Å². The van der Waals surface area contributed by atoms with Gasteiger partial charge in [-0.05, 0) is 6.92 Å². The van der Waals surface area contributed by atoms with E-state index < -0.39 is 0 Å². The number of oxazole rings is 1. The summed E-state index contributed by atoms with van der Waals surface area (Å²) in [6, 6.07) is 0. The smallest absolute Gasteiger partial charge is 0.213 e. The maximum atomic E-state index is 5.86. The predicted octanol–water partition coefficient (Wildman–Crippen LogP) is 2.05. The molecule has 0 amide bonds. The van der Waals surface area contributed by atoms with Gasteiger partial charge in [-0.25, -0.2) is 15.0 Å². The lowest BCUT2D eigenvalue weighted by molar-refractivity contribution is 0.412. The number of aromatic nitrogens is 3. The van der Waals surface area contributed by atoms with Crippen LogP contribution in [0, 0.1) is 6.92 Å². The minimum atomic E-state index is 0.258. The highest BCUT2D eigenvalue weighted by molar-refractivity contribution is 6.31. The highest BCUT2D eigenvalue weighted by Gasteiger charge is 2.10. The van der Waals surface area contributed by atoms with Crippen molar-refractivity contribution in [3.63, 3.8) is 0 Å². The van der Waals surface area contributed by atoms with Crippen molar-refractivity contribution < 1.29 is 9.15 Å². The molecule has 90 valence electrons. The van der Waals surface area contributed by atoms with Gasteiger partial charge in [0.1, 0.15) is 12.1 Å². The van der Waals surface area contributed by atoms with Crippen molar-refractivity contribution in [2.45, 2.75) is 13.5 Å². The van der Waals surface area contributed by atoms with Gasteiger partial charge >= 0.3 is 0 Å². The van der Waals surface area contributed by atoms with E-state index in [1.807, 2.05) is 6.92 Å². The number of aryl methyl sites for hydroxylation is 1. The monoisotopic (exact) mass is 254 g/mol. The van der Waals surface area contributed by atoms with Crippen LogP contribution in [-0.2, 0) is 6.54 Å². The Hall–Kier alpha value is -1.82. The van der Waals surface area contributed by atoms with Crippen LogP contribution < -0.4 is 10.1 Å². The van der Waals surface area contributed by atoms with Crippen LogP contribution in [-0.4, -0.2) is 22.1 Å². The second-order valence-corrected chi connectivity index (χ2v) is 3.62. The first kappa shape index (κ1) is 11.7. The van der Waals surface area contributed by atoms with Crippen molar-refractivity contribution in [1.82, 2.24) is 15.0 Å². The van der Waals surface area contributed by atoms with Gasteiger partial charge in [0, 0.05) is 0 Å². The second-order valence-electron chi connectivity index (χ2n) is 3.26. The van der Waals surface area contributed by atoms with E-state index in [1.54, 1.807) is 6.20 Å². The molecule has 0 saturated heterocycles. The summed E-state index contributed by atoms with van der Waals surface area (Å²) in [4.78, 5) is 11.9. The molecule has 0 bridgehead atoms. The first-order valence-corrected chi connectivity index (χ1v) is 5.28. The van der Waals surface area contributed by atoms with Gasteiger partial charge in [0.25, 0.3) is 0 Å². The topological polar surface area (TPSA) is 73.1 Å². The number of nitrogens with zero attached hydrogens (tertiary/aromatic N) is 3. The zero-order valence-corrected chi connectivity index (χ0v) is 10.2. The van der Waals surface area contributed by atoms with Crippen LogP contribution >= 0.6 is 11.6 Å². The van der Waals surface area contributed by atoms with E-state index in [0.29, 0.717) is 24.0 Å². The van der Waals surface area contributed by atoms with Gasteiger partial charge in [0.15, 0.2) is 16.7 Å². The molecule has 2 aromatic rings. The predicted molar refractivity (Wildman–Crippen MR) is 62.2 cm³/mol. The molecule has 0 spiro atoms. The quantitative estimate of drug-likeness (QED) is 0.842. The van der Waals surface area contributed by atoms with Gasteiger partial charge in [-0.3, -0.25) is 0 Å². The van der Waals surface area contributed by atoms with Crippen molar-refractivity contribution in [3.8, 4) is 5.75 Å². The van der Waals surface area contributed by atoms with Gasteiger partial charge in [0.05, 0.1) is 19.9 Å². The fraction of sp³-hybridized carbons (Fsp3) is 0.300. The highest BCUT2D eigenvalue weighted by atomic mass is 35.5. The molecule has 17 heavy (non-hydrogen) atoms. The van der Waals surface area contributed by atoms with E-state index in [4.69, 9.17) is 20.8 Å². The zero-order chi connectivity index (χ0) is 12.3. The van der Waals surface area contributed by atoms with Gasteiger partial charge in [-0.1, -0.05) is 11.6 Å². The summed E-state index contributed by atoms with van der Waals surface area (Å²) in [7, 11) is 1.51. The van der Waals surface area contributed by atoms with E-state index in [-0.39, 0.29) is 5.15 Å². The van der Waals surface area contributed by atoms with Crippen LogP contribution in [0.25, 0.3) is 0 Å². The Kier molecular flexibility index (Phi) is 3.43. The summed E-state index contributed by atoms with van der Waals surface area (Å²) in [5.74, 6) is 2.23. The molecule has 0 aliphatic heterocycles. The Morgan fingerprint density at radius 1 is 1.41 bits per heavy atom. The van der Waals surface area contributed by atoms with E-state index >= 15 is 0 Å². The second kappa shape index (κ2) is 5.01. The number of halogens is 1. The molecule has 0 atom stereocenters. The first-order valence-electron chi connectivity index (χ1n) is 4.90. The standard InChI is InChI=1S/C10H11ClN4O2/c1-6-3-12-7(17-6)4-13-10-8(16-2)9(11)14-5-15-10/h3,5H,4H2,1-2H3,(H,13,14,15). The molecule has 1 N–H and O–H groups in total. The summed E-state index contributed by atoms with van der Waals surface area (Å²) < 4.78 is 10.4. The summed E-state index contributed by atoms with van der Waals surface area (Å²) >= 11 is 5.86. The van der Waals surface area contributed by atoms with Crippen molar-refractivity contribution in [3.05, 3.63) is 29.3 Å². The van der Waals surface area contributed by atoms with Crippen LogP contribution in [0.1, 0.15) is 11.7 Å². The molecular formula is C10H11ClN4O2. The van der Waals surface area contributed by atoms with Crippen molar-refractivity contribution in [2.24, 2.45) is 0 Å². The third-order valence-corrected chi connectivity index (χ3v) is 2.31. The fourth-order valence-corrected chi connectivity index (χ4v) is 1.51. The Balaban J connectivity index is 2.11. The van der Waals surface area contributed by atoms with Gasteiger partial charge in [0.2, 0.25) is 5.89 Å². The van der Waals surface area contributed by atoms with Crippen LogP contribution in [0.4, 0.5) is 5.82 Å². The molecule has 0 aromatic carbocycles. The number of anilines is 1. The molecule has 2 aromatic heterocycles. The summed E-state index contributed by atoms with van der Waals surface area (Å²) in [6.45, 7) is 2.23. The lowest BCUT2D eigenvalue weighted by Gasteiger charge is -2.08. The molecule has 7 heteroatoms. The number of rotatable bonds is 4. The van der Waals surface area contributed by atoms with E-state index in [0.717, 1.165) is 5.76 Å². The van der Waals surface area contributed by atoms with Crippen molar-refractivity contribution in [1.29, 1.82) is 0 Å². The Morgan fingerprint density at radius 2 is 2.24 bits per heavy atom. The third-order valence-electron chi connectivity index (χ3n) is 2.04. The van der Waals surface area contributed by atoms with Crippen molar-refractivity contribution >= 4 is 17.4 Å². The van der Waals surface area contributed by atoms with Crippen LogP contribution in [0.2, 0.25) is 5.15 Å². The van der Waals surface area contributed by atoms with E-state index in [1.165, 1.54) is 13.4 Å². The number of hydrogen-bond donors (Lipinski definition) is 1. The van der Waals surface area contributed by atoms with Crippen molar-refractivity contribution in [2.75, 3.05) is 12.4 Å². The molecule has 0 radical (unpaired) electrons. The highest BCUT2D eigenvalue weighted by Crippen LogP contribution is 2.28. The Labute approximate surface area is 103 Å². The maximum absolute atomic E-state index is 5.86. The Bertz CT molecular complexity index is 515. The average molecular weight is 255 g/mol. The molecular weight excluding hydrogens is 244 g/mol. The lowest BCUT2D eigenvalue weighted by atomic mass is 10.5. The van der Waals surface area contributed by atoms with Crippen LogP contribution in [0.15, 0.2) is 16.9 Å². The minimum Gasteiger partial charge on any atom is -0.490 e. The number of ether oxygens (including phenoxy) is 1. The molecule has 0 unspecified atom stereocenters. The molecule has 0 saturated carbocycles. The van der Waals surface area contributed by atoms with Crippen LogP contribution in [0.3, 0.4) is 0 Å². The van der Waals surface area contributed by atoms with Gasteiger partial charge < -0.3 is 14.5 Å². The van der Waals surface area contributed by atoms with Crippen LogP contribution in [0.5, 0.6) is 5.75 Å². The normalized spacial score (nSPS) is 10.3. The summed E-state index contributed by atoms with van der Waals surface area (Å²) in [6.07, 6.45) is 3.01. The molecule has 6 nitrogen and oxygen atoms in total. The average Bonchev–Trinajstić information content (AvgIpc) is 2.72. The third kappa shape index (κ3) is 2.65. The largest absolute Gasteiger partial charge is 0.490 e. The molecule has 0 aliphatic rings. The minimum absolute atomic E-state index is 0.258. The molecule has 2 heterocycles. The zero-order valence-electron chi connectivity index (χ0n) is 9.40. The number of methoxy groups -OCH3 is 1. The van der Waals surface area contributed by atoms with Gasteiger partial charge in [-0.15, -0.1) is 0 Å². The molecule has 2 rings (SSSR count). The number of hydrogen-bond acceptors (Lipinski definition) is 6. The first-order chi connectivity index (χ1) is 8.20. The lowest BCUT2D eigenvalue weighted by Crippen LogP contribution is -2.04. The SMILES string of the molecule is COc1c(Cl)ncnc1NCc1ncc(C)o1. The summed E-state index contributed by atoms with van der Waals surface area (Å²) in [5.41, 5.74) is 0. The van der Waals surface area contributed by atoms with Gasteiger partial charge in [-0.2, -0.15) is 0 Å². The fourth-order valence-electron chi connectivity index (χ4n) is 1.30. The number of nitrogens with one attached hydrogen (secondary N) is 1. The molecule has 0 fully saturated rings. The summed E-state index contributed by atoms with van der Waals surface area (Å²) in [5, 5.41) is 3.28. The maximum Gasteiger partial charge on any atom is 0.213 e. The Morgan fingerprint density at radius 3 is 2.88 bits per heavy atom.